The van der Waals surface area contributed by atoms with Gasteiger partial charge in [0.1, 0.15) is 0 Å². The van der Waals surface area contributed by atoms with Crippen molar-refractivity contribution < 1.29 is 13.2 Å². The molecule has 0 unspecified atom stereocenters. The average molecular weight is 301 g/mol. The molecule has 1 N–H and O–H groups in total. The van der Waals surface area contributed by atoms with Crippen molar-refractivity contribution in [1.82, 2.24) is 14.6 Å². The molecule has 0 saturated heterocycles. The Kier molecular flexibility index (Phi) is 6.90. The Hall–Kier alpha value is -1.18. The van der Waals surface area contributed by atoms with Gasteiger partial charge in [-0.15, -0.1) is 0 Å². The third-order valence-electron chi connectivity index (χ3n) is 2.88. The zero-order chi connectivity index (χ0) is 15.0. The van der Waals surface area contributed by atoms with E-state index in [2.05, 4.69) is 10.3 Å². The Morgan fingerprint density at radius 2 is 2.15 bits per heavy atom. The third kappa shape index (κ3) is 5.85. The molecule has 0 aromatic carbocycles. The van der Waals surface area contributed by atoms with Crippen molar-refractivity contribution in [2.75, 3.05) is 33.0 Å². The van der Waals surface area contributed by atoms with Crippen molar-refractivity contribution in [1.29, 1.82) is 0 Å². The van der Waals surface area contributed by atoms with Gasteiger partial charge in [-0.25, -0.2) is 17.7 Å². The lowest BCUT2D eigenvalue weighted by Gasteiger charge is -2.17. The summed E-state index contributed by atoms with van der Waals surface area (Å²) in [6, 6.07) is 5.62. The minimum atomic E-state index is -3.09. The number of nitrogens with zero attached hydrogens (tertiary/aromatic N) is 2. The molecule has 0 fully saturated rings. The molecule has 6 nitrogen and oxygen atoms in total. The second-order valence-corrected chi connectivity index (χ2v) is 6.44. The predicted octanol–water partition coefficient (Wildman–Crippen LogP) is 0.851. The van der Waals surface area contributed by atoms with Crippen LogP contribution in [-0.4, -0.2) is 50.7 Å². The molecule has 0 radical (unpaired) electrons. The average Bonchev–Trinajstić information content (AvgIpc) is 2.41. The molecule has 1 heterocycles. The largest absolute Gasteiger partial charge is 0.481 e. The minimum absolute atomic E-state index is 0.510. The molecule has 0 aliphatic heterocycles. The molecular weight excluding hydrogens is 278 g/mol. The van der Waals surface area contributed by atoms with Crippen LogP contribution in [0.2, 0.25) is 0 Å². The fourth-order valence-electron chi connectivity index (χ4n) is 1.83. The number of methoxy groups -OCH3 is 1. The van der Waals surface area contributed by atoms with E-state index >= 15 is 0 Å². The maximum Gasteiger partial charge on any atom is 0.213 e. The molecule has 1 aromatic heterocycles. The van der Waals surface area contributed by atoms with E-state index in [-0.39, 0.29) is 0 Å². The van der Waals surface area contributed by atoms with Crippen molar-refractivity contribution >= 4 is 10.0 Å². The van der Waals surface area contributed by atoms with Gasteiger partial charge in [-0.05, 0) is 19.0 Å². The van der Waals surface area contributed by atoms with Crippen molar-refractivity contribution in [3.8, 4) is 5.88 Å². The van der Waals surface area contributed by atoms with E-state index < -0.39 is 10.0 Å². The van der Waals surface area contributed by atoms with Gasteiger partial charge >= 0.3 is 0 Å². The molecule has 1 aromatic rings. The van der Waals surface area contributed by atoms with Gasteiger partial charge in [0, 0.05) is 25.7 Å². The van der Waals surface area contributed by atoms with Crippen LogP contribution in [0.4, 0.5) is 0 Å². The number of hydrogen-bond acceptors (Lipinski definition) is 5. The molecule has 0 amide bonds. The van der Waals surface area contributed by atoms with Gasteiger partial charge in [0.05, 0.1) is 19.1 Å². The van der Waals surface area contributed by atoms with Crippen LogP contribution in [0.1, 0.15) is 19.0 Å². The molecule has 0 atom stereocenters. The maximum absolute atomic E-state index is 11.4. The molecule has 0 saturated carbocycles. The normalized spacial score (nSPS) is 11.8. The van der Waals surface area contributed by atoms with E-state index in [4.69, 9.17) is 4.74 Å². The van der Waals surface area contributed by atoms with Gasteiger partial charge in [-0.3, -0.25) is 0 Å². The van der Waals surface area contributed by atoms with Crippen LogP contribution in [-0.2, 0) is 16.6 Å². The van der Waals surface area contributed by atoms with Gasteiger partial charge in [0.2, 0.25) is 15.9 Å². The maximum atomic E-state index is 11.4. The minimum Gasteiger partial charge on any atom is -0.481 e. The number of ether oxygens (including phenoxy) is 1. The zero-order valence-electron chi connectivity index (χ0n) is 12.3. The van der Waals surface area contributed by atoms with E-state index in [1.807, 2.05) is 19.1 Å². The number of sulfonamides is 1. The summed E-state index contributed by atoms with van der Waals surface area (Å²) in [6.07, 6.45) is 2.01. The fourth-order valence-corrected chi connectivity index (χ4v) is 2.75. The first-order valence-electron chi connectivity index (χ1n) is 6.63. The summed E-state index contributed by atoms with van der Waals surface area (Å²) < 4.78 is 29.3. The van der Waals surface area contributed by atoms with E-state index in [0.717, 1.165) is 18.7 Å². The molecular formula is C13H23N3O3S. The monoisotopic (exact) mass is 301 g/mol. The van der Waals surface area contributed by atoms with Gasteiger partial charge in [0.15, 0.2) is 0 Å². The lowest BCUT2D eigenvalue weighted by molar-refractivity contribution is 0.395. The number of hydrogen-bond donors (Lipinski definition) is 1. The lowest BCUT2D eigenvalue weighted by Crippen LogP contribution is -2.32. The first-order chi connectivity index (χ1) is 9.47. The molecule has 114 valence electrons. The summed E-state index contributed by atoms with van der Waals surface area (Å²) in [7, 11) is -1.50. The Morgan fingerprint density at radius 1 is 1.40 bits per heavy atom. The lowest BCUT2D eigenvalue weighted by atomic mass is 10.3. The molecule has 0 spiro atoms. The highest BCUT2D eigenvalue weighted by atomic mass is 32.2. The smallest absolute Gasteiger partial charge is 0.213 e. The summed E-state index contributed by atoms with van der Waals surface area (Å²) in [5.41, 5.74) is 0.903. The second kappa shape index (κ2) is 8.18. The quantitative estimate of drug-likeness (QED) is 0.685. The number of rotatable bonds is 9. The summed E-state index contributed by atoms with van der Waals surface area (Å²) in [5, 5.41) is 3.24. The van der Waals surface area contributed by atoms with E-state index in [0.29, 0.717) is 25.5 Å². The van der Waals surface area contributed by atoms with Crippen LogP contribution in [0.25, 0.3) is 0 Å². The number of pyridine rings is 1. The van der Waals surface area contributed by atoms with Gasteiger partial charge in [-0.1, -0.05) is 13.0 Å². The Bertz CT molecular complexity index is 505. The highest BCUT2D eigenvalue weighted by Gasteiger charge is 2.12. The van der Waals surface area contributed by atoms with E-state index in [1.165, 1.54) is 10.6 Å². The highest BCUT2D eigenvalue weighted by Crippen LogP contribution is 2.06. The number of nitrogens with one attached hydrogen (secondary N) is 1. The zero-order valence-corrected chi connectivity index (χ0v) is 13.1. The Balaban J connectivity index is 2.28. The molecule has 20 heavy (non-hydrogen) atoms. The molecule has 0 aliphatic rings. The molecule has 7 heteroatoms. The summed E-state index contributed by atoms with van der Waals surface area (Å²) in [6.45, 7) is 4.27. The van der Waals surface area contributed by atoms with Crippen molar-refractivity contribution in [3.63, 3.8) is 0 Å². The van der Waals surface area contributed by atoms with Crippen LogP contribution in [0, 0.1) is 0 Å². The van der Waals surface area contributed by atoms with Crippen LogP contribution < -0.4 is 10.1 Å². The van der Waals surface area contributed by atoms with E-state index in [9.17, 15) is 8.42 Å². The molecule has 1 rings (SSSR count). The van der Waals surface area contributed by atoms with Gasteiger partial charge in [-0.2, -0.15) is 0 Å². The second-order valence-electron chi connectivity index (χ2n) is 4.46. The summed E-state index contributed by atoms with van der Waals surface area (Å²) >= 11 is 0. The number of aromatic nitrogens is 1. The third-order valence-corrected chi connectivity index (χ3v) is 4.26. The van der Waals surface area contributed by atoms with Gasteiger partial charge < -0.3 is 10.1 Å². The van der Waals surface area contributed by atoms with Crippen LogP contribution in [0.5, 0.6) is 5.88 Å². The van der Waals surface area contributed by atoms with Crippen molar-refractivity contribution in [3.05, 3.63) is 23.9 Å². The molecule has 0 bridgehead atoms. The van der Waals surface area contributed by atoms with Gasteiger partial charge in [0.25, 0.3) is 0 Å². The summed E-state index contributed by atoms with van der Waals surface area (Å²) in [5.74, 6) is 0.596. The standard InChI is InChI=1S/C13H23N3O3S/c1-4-16(20(3,17)18)10-6-9-14-11-12-7-5-8-13(15-12)19-2/h5,7-8,14H,4,6,9-11H2,1-3H3. The van der Waals surface area contributed by atoms with Crippen molar-refractivity contribution in [2.24, 2.45) is 0 Å². The van der Waals surface area contributed by atoms with Crippen LogP contribution in [0.3, 0.4) is 0 Å². The van der Waals surface area contributed by atoms with Crippen LogP contribution >= 0.6 is 0 Å². The first kappa shape index (κ1) is 16.9. The molecule has 0 aliphatic carbocycles. The SMILES string of the molecule is CCN(CCCNCc1cccc(OC)n1)S(C)(=O)=O. The van der Waals surface area contributed by atoms with Crippen LogP contribution in [0.15, 0.2) is 18.2 Å². The Morgan fingerprint density at radius 3 is 2.75 bits per heavy atom. The topological polar surface area (TPSA) is 71.5 Å². The predicted molar refractivity (Wildman–Crippen MR) is 79.2 cm³/mol. The van der Waals surface area contributed by atoms with Crippen molar-refractivity contribution in [2.45, 2.75) is 19.9 Å². The highest BCUT2D eigenvalue weighted by molar-refractivity contribution is 7.88. The first-order valence-corrected chi connectivity index (χ1v) is 8.48. The summed E-state index contributed by atoms with van der Waals surface area (Å²) in [4.78, 5) is 4.29. The fraction of sp³-hybridized carbons (Fsp3) is 0.615. The Labute approximate surface area is 121 Å². The van der Waals surface area contributed by atoms with E-state index in [1.54, 1.807) is 13.2 Å².